The van der Waals surface area contributed by atoms with Gasteiger partial charge in [-0.05, 0) is 12.3 Å². The number of nitrogens with one attached hydrogen (secondary N) is 1. The summed E-state index contributed by atoms with van der Waals surface area (Å²) < 4.78 is -1.01. The van der Waals surface area contributed by atoms with Crippen LogP contribution in [0.25, 0.3) is 0 Å². The van der Waals surface area contributed by atoms with Crippen molar-refractivity contribution >= 4 is 35.1 Å². The molecule has 16 heavy (non-hydrogen) atoms. The number of aliphatic carboxylic acids is 1. The molecule has 3 atom stereocenters. The van der Waals surface area contributed by atoms with E-state index >= 15 is 0 Å². The van der Waals surface area contributed by atoms with E-state index in [-0.39, 0.29) is 11.8 Å². The molecule has 6 heteroatoms. The maximum absolute atomic E-state index is 11.6. The molecule has 0 aromatic rings. The first-order valence-corrected chi connectivity index (χ1v) is 5.96. The Balaban J connectivity index is 2.56. The van der Waals surface area contributed by atoms with Gasteiger partial charge in [-0.25, -0.2) is 4.79 Å². The van der Waals surface area contributed by atoms with Crippen molar-refractivity contribution < 1.29 is 14.7 Å². The highest BCUT2D eigenvalue weighted by Crippen LogP contribution is 2.53. The number of carbonyl (C=O) groups excluding carboxylic acids is 1. The van der Waals surface area contributed by atoms with Crippen LogP contribution in [0, 0.1) is 11.8 Å². The number of rotatable bonds is 5. The van der Waals surface area contributed by atoms with Crippen molar-refractivity contribution in [1.29, 1.82) is 0 Å². The highest BCUT2D eigenvalue weighted by atomic mass is 35.5. The van der Waals surface area contributed by atoms with Gasteiger partial charge in [0.25, 0.3) is 0 Å². The van der Waals surface area contributed by atoms with Crippen LogP contribution in [0.1, 0.15) is 26.7 Å². The molecule has 1 saturated carbocycles. The fraction of sp³-hybridized carbons (Fsp3) is 0.800. The van der Waals surface area contributed by atoms with Crippen molar-refractivity contribution in [2.75, 3.05) is 0 Å². The monoisotopic (exact) mass is 267 g/mol. The van der Waals surface area contributed by atoms with E-state index in [2.05, 4.69) is 5.32 Å². The van der Waals surface area contributed by atoms with Gasteiger partial charge < -0.3 is 10.4 Å². The number of carboxylic acid groups (broad SMARTS) is 1. The first kappa shape index (κ1) is 13.6. The van der Waals surface area contributed by atoms with Crippen molar-refractivity contribution in [3.63, 3.8) is 0 Å². The molecular weight excluding hydrogens is 253 g/mol. The normalized spacial score (nSPS) is 25.6. The summed E-state index contributed by atoms with van der Waals surface area (Å²) in [5, 5.41) is 11.5. The number of halogens is 2. The van der Waals surface area contributed by atoms with Crippen LogP contribution in [0.4, 0.5) is 0 Å². The standard InChI is InChI=1S/C10H15Cl2NO3/c1-3-5(2)7(9(15)16)13-8(14)6-4-10(6,11)12/h5-7H,3-4H2,1-2H3,(H,13,14)(H,15,16). The predicted octanol–water partition coefficient (Wildman–Crippen LogP) is 1.80. The molecule has 4 nitrogen and oxygen atoms in total. The van der Waals surface area contributed by atoms with Gasteiger partial charge in [0.05, 0.1) is 5.92 Å². The minimum atomic E-state index is -1.03. The van der Waals surface area contributed by atoms with Crippen molar-refractivity contribution in [3.05, 3.63) is 0 Å². The van der Waals surface area contributed by atoms with E-state index in [0.717, 1.165) is 0 Å². The van der Waals surface area contributed by atoms with Gasteiger partial charge in [0.15, 0.2) is 0 Å². The summed E-state index contributed by atoms with van der Waals surface area (Å²) in [5.74, 6) is -2.02. The molecule has 92 valence electrons. The van der Waals surface area contributed by atoms with Gasteiger partial charge >= 0.3 is 5.97 Å². The molecule has 2 N–H and O–H groups in total. The highest BCUT2D eigenvalue weighted by molar-refractivity contribution is 6.52. The molecule has 0 heterocycles. The van der Waals surface area contributed by atoms with Crippen LogP contribution in [0.15, 0.2) is 0 Å². The Kier molecular flexibility index (Phi) is 4.07. The first-order chi connectivity index (χ1) is 7.29. The summed E-state index contributed by atoms with van der Waals surface area (Å²) in [7, 11) is 0. The summed E-state index contributed by atoms with van der Waals surface area (Å²) in [6, 6.07) is -0.873. The molecule has 0 aromatic carbocycles. The van der Waals surface area contributed by atoms with E-state index in [1.165, 1.54) is 0 Å². The zero-order chi connectivity index (χ0) is 12.5. The largest absolute Gasteiger partial charge is 0.480 e. The van der Waals surface area contributed by atoms with E-state index < -0.39 is 22.3 Å². The van der Waals surface area contributed by atoms with Crippen LogP contribution in [0.3, 0.4) is 0 Å². The van der Waals surface area contributed by atoms with Gasteiger partial charge in [0.2, 0.25) is 5.91 Å². The molecule has 0 saturated heterocycles. The minimum Gasteiger partial charge on any atom is -0.480 e. The molecule has 0 radical (unpaired) electrons. The van der Waals surface area contributed by atoms with Crippen molar-refractivity contribution in [2.45, 2.75) is 37.1 Å². The summed E-state index contributed by atoms with van der Waals surface area (Å²) in [4.78, 5) is 22.6. The van der Waals surface area contributed by atoms with Gasteiger partial charge in [-0.3, -0.25) is 4.79 Å². The lowest BCUT2D eigenvalue weighted by Gasteiger charge is -2.20. The van der Waals surface area contributed by atoms with Crippen molar-refractivity contribution in [3.8, 4) is 0 Å². The minimum absolute atomic E-state index is 0.125. The van der Waals surface area contributed by atoms with E-state index in [0.29, 0.717) is 12.8 Å². The van der Waals surface area contributed by atoms with E-state index in [1.807, 2.05) is 6.92 Å². The van der Waals surface area contributed by atoms with Gasteiger partial charge in [-0.15, -0.1) is 23.2 Å². The number of hydrogen-bond acceptors (Lipinski definition) is 2. The number of hydrogen-bond donors (Lipinski definition) is 2. The van der Waals surface area contributed by atoms with Crippen LogP contribution >= 0.6 is 23.2 Å². The molecule has 1 amide bonds. The Hall–Kier alpha value is -0.480. The molecule has 1 rings (SSSR count). The maximum Gasteiger partial charge on any atom is 0.326 e. The number of amides is 1. The molecule has 0 aromatic heterocycles. The first-order valence-electron chi connectivity index (χ1n) is 5.20. The number of carboxylic acids is 1. The average Bonchev–Trinajstić information content (AvgIpc) is 2.82. The fourth-order valence-corrected chi connectivity index (χ4v) is 1.94. The molecule has 0 bridgehead atoms. The molecule has 0 spiro atoms. The Morgan fingerprint density at radius 3 is 2.38 bits per heavy atom. The SMILES string of the molecule is CCC(C)C(NC(=O)C1CC1(Cl)Cl)C(=O)O. The second-order valence-electron chi connectivity index (χ2n) is 4.23. The number of alkyl halides is 2. The molecule has 0 aliphatic heterocycles. The lowest BCUT2D eigenvalue weighted by atomic mass is 9.99. The summed E-state index contributed by atoms with van der Waals surface area (Å²) in [6.45, 7) is 3.65. The molecule has 1 aliphatic carbocycles. The highest BCUT2D eigenvalue weighted by Gasteiger charge is 2.56. The average molecular weight is 268 g/mol. The van der Waals surface area contributed by atoms with E-state index in [4.69, 9.17) is 28.3 Å². The zero-order valence-electron chi connectivity index (χ0n) is 9.17. The van der Waals surface area contributed by atoms with Gasteiger partial charge in [0.1, 0.15) is 10.4 Å². The molecule has 1 fully saturated rings. The zero-order valence-corrected chi connectivity index (χ0v) is 10.7. The quantitative estimate of drug-likeness (QED) is 0.747. The van der Waals surface area contributed by atoms with Gasteiger partial charge in [-0.1, -0.05) is 20.3 Å². The van der Waals surface area contributed by atoms with E-state index in [9.17, 15) is 9.59 Å². The smallest absolute Gasteiger partial charge is 0.326 e. The van der Waals surface area contributed by atoms with Crippen LogP contribution in [0.2, 0.25) is 0 Å². The van der Waals surface area contributed by atoms with Crippen LogP contribution < -0.4 is 5.32 Å². The third-order valence-electron chi connectivity index (χ3n) is 2.92. The molecular formula is C10H15Cl2NO3. The third kappa shape index (κ3) is 3.01. The Labute approximate surface area is 104 Å². The Bertz CT molecular complexity index is 306. The second kappa shape index (κ2) is 4.80. The topological polar surface area (TPSA) is 66.4 Å². The van der Waals surface area contributed by atoms with Gasteiger partial charge in [-0.2, -0.15) is 0 Å². The lowest BCUT2D eigenvalue weighted by Crippen LogP contribution is -2.46. The number of carbonyl (C=O) groups is 2. The van der Waals surface area contributed by atoms with Crippen LogP contribution in [0.5, 0.6) is 0 Å². The maximum atomic E-state index is 11.6. The van der Waals surface area contributed by atoms with Crippen molar-refractivity contribution in [2.24, 2.45) is 11.8 Å². The summed E-state index contributed by atoms with van der Waals surface area (Å²) in [6.07, 6.45) is 1.06. The molecule has 1 aliphatic rings. The summed E-state index contributed by atoms with van der Waals surface area (Å²) in [5.41, 5.74) is 0. The van der Waals surface area contributed by atoms with E-state index in [1.54, 1.807) is 6.92 Å². The fourth-order valence-electron chi connectivity index (χ4n) is 1.43. The third-order valence-corrected chi connectivity index (χ3v) is 3.75. The second-order valence-corrected chi connectivity index (χ2v) is 5.77. The lowest BCUT2D eigenvalue weighted by molar-refractivity contribution is -0.143. The molecule has 3 unspecified atom stereocenters. The van der Waals surface area contributed by atoms with Gasteiger partial charge in [0, 0.05) is 0 Å². The Morgan fingerprint density at radius 2 is 2.06 bits per heavy atom. The van der Waals surface area contributed by atoms with Crippen LogP contribution in [-0.2, 0) is 9.59 Å². The summed E-state index contributed by atoms with van der Waals surface area (Å²) >= 11 is 11.5. The Morgan fingerprint density at radius 1 is 1.56 bits per heavy atom. The van der Waals surface area contributed by atoms with Crippen molar-refractivity contribution in [1.82, 2.24) is 5.32 Å². The van der Waals surface area contributed by atoms with Crippen LogP contribution in [-0.4, -0.2) is 27.4 Å². The predicted molar refractivity (Wildman–Crippen MR) is 61.6 cm³/mol.